The van der Waals surface area contributed by atoms with Gasteiger partial charge in [-0.05, 0) is 89.0 Å². The van der Waals surface area contributed by atoms with Gasteiger partial charge in [0.15, 0.2) is 0 Å². The van der Waals surface area contributed by atoms with Gasteiger partial charge in [0.25, 0.3) is 0 Å². The van der Waals surface area contributed by atoms with Crippen molar-refractivity contribution in [1.82, 2.24) is 10.2 Å². The summed E-state index contributed by atoms with van der Waals surface area (Å²) in [7, 11) is 2.04. The average molecular weight is 390 g/mol. The summed E-state index contributed by atoms with van der Waals surface area (Å²) in [6, 6.07) is 7.32. The maximum atomic E-state index is 3.59. The van der Waals surface area contributed by atoms with Gasteiger partial charge in [-0.1, -0.05) is 12.5 Å². The normalized spacial score (nSPS) is 20.7. The lowest BCUT2D eigenvalue weighted by molar-refractivity contribution is 0.132. The van der Waals surface area contributed by atoms with Crippen LogP contribution in [0.25, 0.3) is 0 Å². The maximum absolute atomic E-state index is 3.59. The van der Waals surface area contributed by atoms with Gasteiger partial charge >= 0.3 is 0 Å². The number of halogens is 2. The molecule has 0 aliphatic carbocycles. The highest BCUT2D eigenvalue weighted by Gasteiger charge is 2.21. The fraction of sp³-hybridized carbons (Fsp3) is 0.600. The first-order valence-electron chi connectivity index (χ1n) is 7.03. The molecule has 2 nitrogen and oxygen atoms in total. The third-order valence-electron chi connectivity index (χ3n) is 3.85. The molecule has 2 rings (SSSR count). The van der Waals surface area contributed by atoms with Gasteiger partial charge in [0.1, 0.15) is 0 Å². The first kappa shape index (κ1) is 15.5. The Morgan fingerprint density at radius 2 is 2.11 bits per heavy atom. The lowest BCUT2D eigenvalue weighted by atomic mass is 9.98. The minimum absolute atomic E-state index is 0.739. The summed E-state index contributed by atoms with van der Waals surface area (Å²) >= 11 is 7.12. The van der Waals surface area contributed by atoms with Gasteiger partial charge in [-0.25, -0.2) is 0 Å². The number of piperidine rings is 1. The van der Waals surface area contributed by atoms with E-state index in [-0.39, 0.29) is 0 Å². The molecule has 1 aliphatic heterocycles. The van der Waals surface area contributed by atoms with E-state index in [9.17, 15) is 0 Å². The van der Waals surface area contributed by atoms with Crippen LogP contribution in [0, 0.1) is 0 Å². The minimum atomic E-state index is 0.739. The molecule has 1 aromatic rings. The summed E-state index contributed by atoms with van der Waals surface area (Å²) in [6.45, 7) is 3.42. The topological polar surface area (TPSA) is 15.3 Å². The van der Waals surface area contributed by atoms with Crippen LogP contribution in [0.2, 0.25) is 0 Å². The Hall–Kier alpha value is 0.1000. The second-order valence-electron chi connectivity index (χ2n) is 5.26. The molecule has 0 bridgehead atoms. The van der Waals surface area contributed by atoms with Crippen molar-refractivity contribution in [2.75, 3.05) is 20.1 Å². The predicted octanol–water partition coefficient (Wildman–Crippen LogP) is 4.18. The van der Waals surface area contributed by atoms with Crippen molar-refractivity contribution in [2.45, 2.75) is 38.3 Å². The molecule has 1 aliphatic rings. The van der Waals surface area contributed by atoms with Crippen molar-refractivity contribution in [2.24, 2.45) is 0 Å². The third-order valence-corrected chi connectivity index (χ3v) is 5.73. The second kappa shape index (κ2) is 7.77. The van der Waals surface area contributed by atoms with E-state index in [2.05, 4.69) is 60.3 Å². The van der Waals surface area contributed by atoms with E-state index < -0.39 is 0 Å². The number of likely N-dealkylation sites (tertiary alicyclic amines) is 1. The zero-order valence-electron chi connectivity index (χ0n) is 11.5. The molecule has 1 unspecified atom stereocenters. The first-order chi connectivity index (χ1) is 9.20. The van der Waals surface area contributed by atoms with E-state index in [1.54, 1.807) is 0 Å². The molecule has 0 radical (unpaired) electrons. The average Bonchev–Trinajstić information content (AvgIpc) is 2.42. The molecule has 0 spiro atoms. The number of rotatable bonds is 5. The zero-order valence-corrected chi connectivity index (χ0v) is 14.6. The van der Waals surface area contributed by atoms with E-state index in [0.29, 0.717) is 0 Å². The van der Waals surface area contributed by atoms with Crippen LogP contribution in [0.4, 0.5) is 0 Å². The SMILES string of the molecule is CNCCC1CCCCN1Cc1ccc(Br)c(Br)c1. The number of nitrogens with zero attached hydrogens (tertiary/aromatic N) is 1. The van der Waals surface area contributed by atoms with Crippen LogP contribution >= 0.6 is 31.9 Å². The molecule has 1 heterocycles. The fourth-order valence-corrected chi connectivity index (χ4v) is 3.45. The van der Waals surface area contributed by atoms with Gasteiger partial charge in [-0.15, -0.1) is 0 Å². The van der Waals surface area contributed by atoms with Crippen molar-refractivity contribution in [3.8, 4) is 0 Å². The van der Waals surface area contributed by atoms with E-state index >= 15 is 0 Å². The zero-order chi connectivity index (χ0) is 13.7. The van der Waals surface area contributed by atoms with E-state index in [1.807, 2.05) is 7.05 Å². The summed E-state index contributed by atoms with van der Waals surface area (Å²) in [5.41, 5.74) is 1.39. The summed E-state index contributed by atoms with van der Waals surface area (Å²) in [4.78, 5) is 2.65. The van der Waals surface area contributed by atoms with Gasteiger partial charge in [0.2, 0.25) is 0 Å². The fourth-order valence-electron chi connectivity index (χ4n) is 2.78. The van der Waals surface area contributed by atoms with Crippen LogP contribution in [0.3, 0.4) is 0 Å². The number of hydrogen-bond donors (Lipinski definition) is 1. The van der Waals surface area contributed by atoms with Crippen LogP contribution < -0.4 is 5.32 Å². The summed E-state index contributed by atoms with van der Waals surface area (Å²) < 4.78 is 2.27. The molecule has 1 aromatic carbocycles. The molecule has 1 atom stereocenters. The number of nitrogens with one attached hydrogen (secondary N) is 1. The molecule has 1 saturated heterocycles. The molecule has 1 fully saturated rings. The molecular formula is C15H22Br2N2. The lowest BCUT2D eigenvalue weighted by Crippen LogP contribution is -2.40. The Morgan fingerprint density at radius 3 is 2.84 bits per heavy atom. The highest BCUT2D eigenvalue weighted by molar-refractivity contribution is 9.13. The smallest absolute Gasteiger partial charge is 0.0320 e. The molecule has 0 saturated carbocycles. The van der Waals surface area contributed by atoms with Gasteiger partial charge in [-0.3, -0.25) is 4.90 Å². The van der Waals surface area contributed by atoms with Gasteiger partial charge in [0, 0.05) is 21.5 Å². The van der Waals surface area contributed by atoms with Gasteiger partial charge in [-0.2, -0.15) is 0 Å². The van der Waals surface area contributed by atoms with Crippen LogP contribution in [0.5, 0.6) is 0 Å². The van der Waals surface area contributed by atoms with Crippen molar-refractivity contribution >= 4 is 31.9 Å². The highest BCUT2D eigenvalue weighted by Crippen LogP contribution is 2.26. The quantitative estimate of drug-likeness (QED) is 0.812. The van der Waals surface area contributed by atoms with Crippen molar-refractivity contribution in [3.05, 3.63) is 32.7 Å². The first-order valence-corrected chi connectivity index (χ1v) is 8.62. The van der Waals surface area contributed by atoms with Crippen LogP contribution in [0.1, 0.15) is 31.2 Å². The molecule has 106 valence electrons. The highest BCUT2D eigenvalue weighted by atomic mass is 79.9. The molecule has 0 aromatic heterocycles. The summed E-state index contributed by atoms with van der Waals surface area (Å²) in [6.07, 6.45) is 5.33. The molecule has 19 heavy (non-hydrogen) atoms. The maximum Gasteiger partial charge on any atom is 0.0320 e. The van der Waals surface area contributed by atoms with Crippen molar-refractivity contribution < 1.29 is 0 Å². The standard InChI is InChI=1S/C15H22Br2N2/c1-18-8-7-13-4-2-3-9-19(13)11-12-5-6-14(16)15(17)10-12/h5-6,10,13,18H,2-4,7-9,11H2,1H3. The summed E-state index contributed by atoms with van der Waals surface area (Å²) in [5.74, 6) is 0. The van der Waals surface area contributed by atoms with Gasteiger partial charge in [0.05, 0.1) is 0 Å². The van der Waals surface area contributed by atoms with Crippen LogP contribution in [-0.4, -0.2) is 31.1 Å². The largest absolute Gasteiger partial charge is 0.320 e. The lowest BCUT2D eigenvalue weighted by Gasteiger charge is -2.36. The Morgan fingerprint density at radius 1 is 1.26 bits per heavy atom. The van der Waals surface area contributed by atoms with E-state index in [1.165, 1.54) is 37.8 Å². The van der Waals surface area contributed by atoms with E-state index in [4.69, 9.17) is 0 Å². The Kier molecular flexibility index (Phi) is 6.33. The van der Waals surface area contributed by atoms with Crippen LogP contribution in [0.15, 0.2) is 27.1 Å². The minimum Gasteiger partial charge on any atom is -0.320 e. The number of hydrogen-bond acceptors (Lipinski definition) is 2. The van der Waals surface area contributed by atoms with Crippen molar-refractivity contribution in [1.29, 1.82) is 0 Å². The summed E-state index contributed by atoms with van der Waals surface area (Å²) in [5, 5.41) is 3.28. The second-order valence-corrected chi connectivity index (χ2v) is 6.97. The number of benzene rings is 1. The molecule has 4 heteroatoms. The van der Waals surface area contributed by atoms with Crippen molar-refractivity contribution in [3.63, 3.8) is 0 Å². The van der Waals surface area contributed by atoms with Gasteiger partial charge < -0.3 is 5.32 Å². The Balaban J connectivity index is 1.99. The third kappa shape index (κ3) is 4.55. The molecular weight excluding hydrogens is 368 g/mol. The van der Waals surface area contributed by atoms with Crippen LogP contribution in [-0.2, 0) is 6.54 Å². The monoisotopic (exact) mass is 388 g/mol. The van der Waals surface area contributed by atoms with E-state index in [0.717, 1.165) is 28.1 Å². The Labute approximate surface area is 133 Å². The Bertz CT molecular complexity index is 409. The predicted molar refractivity (Wildman–Crippen MR) is 88.4 cm³/mol. The molecule has 1 N–H and O–H groups in total. The molecule has 0 amide bonds.